The van der Waals surface area contributed by atoms with E-state index in [1.165, 1.54) is 7.11 Å². The fourth-order valence-electron chi connectivity index (χ4n) is 2.26. The molecule has 1 aliphatic rings. The van der Waals surface area contributed by atoms with Crippen LogP contribution in [0.25, 0.3) is 0 Å². The molecule has 1 heterocycles. The van der Waals surface area contributed by atoms with Crippen LogP contribution in [0.3, 0.4) is 0 Å². The van der Waals surface area contributed by atoms with Crippen molar-refractivity contribution in [3.05, 3.63) is 0 Å². The van der Waals surface area contributed by atoms with Crippen molar-refractivity contribution >= 4 is 5.97 Å². The Labute approximate surface area is 103 Å². The van der Waals surface area contributed by atoms with Crippen LogP contribution < -0.4 is 0 Å². The highest BCUT2D eigenvalue weighted by molar-refractivity contribution is 5.69. The number of likely N-dealkylation sites (N-methyl/N-ethyl adjacent to an activating group) is 1. The summed E-state index contributed by atoms with van der Waals surface area (Å²) in [6.07, 6.45) is 1.69. The Kier molecular flexibility index (Phi) is 5.88. The summed E-state index contributed by atoms with van der Waals surface area (Å²) < 4.78 is 4.54. The minimum absolute atomic E-state index is 0.0768. The molecule has 5 heteroatoms. The van der Waals surface area contributed by atoms with Crippen molar-refractivity contribution in [3.8, 4) is 0 Å². The van der Waals surface area contributed by atoms with Gasteiger partial charge >= 0.3 is 5.97 Å². The Bertz CT molecular complexity index is 240. The Morgan fingerprint density at radius 1 is 1.53 bits per heavy atom. The third kappa shape index (κ3) is 5.02. The van der Waals surface area contributed by atoms with Gasteiger partial charge in [0.2, 0.25) is 0 Å². The summed E-state index contributed by atoms with van der Waals surface area (Å²) in [4.78, 5) is 15.5. The second-order valence-electron chi connectivity index (χ2n) is 4.91. The minimum atomic E-state index is -0.632. The van der Waals surface area contributed by atoms with Crippen molar-refractivity contribution in [2.75, 3.05) is 40.8 Å². The molecule has 5 nitrogen and oxygen atoms in total. The molecule has 0 aliphatic carbocycles. The van der Waals surface area contributed by atoms with Crippen molar-refractivity contribution in [1.82, 2.24) is 9.80 Å². The number of piperidine rings is 1. The number of hydrogen-bond donors (Lipinski definition) is 1. The van der Waals surface area contributed by atoms with Gasteiger partial charge < -0.3 is 19.6 Å². The van der Waals surface area contributed by atoms with Crippen LogP contribution in [0.2, 0.25) is 0 Å². The Hall–Kier alpha value is -0.650. The SMILES string of the molecule is COC(=O)CC(O)CN(C)C1CCN(C)CC1. The van der Waals surface area contributed by atoms with E-state index < -0.39 is 6.10 Å². The molecule has 0 amide bonds. The molecule has 1 fully saturated rings. The average molecular weight is 244 g/mol. The summed E-state index contributed by atoms with van der Waals surface area (Å²) in [5.41, 5.74) is 0. The van der Waals surface area contributed by atoms with E-state index in [9.17, 15) is 9.90 Å². The monoisotopic (exact) mass is 244 g/mol. The maximum absolute atomic E-state index is 11.0. The fourth-order valence-corrected chi connectivity index (χ4v) is 2.26. The molecule has 17 heavy (non-hydrogen) atoms. The van der Waals surface area contributed by atoms with Crippen LogP contribution in [0.1, 0.15) is 19.3 Å². The average Bonchev–Trinajstić information content (AvgIpc) is 2.29. The fraction of sp³-hybridized carbons (Fsp3) is 0.917. The largest absolute Gasteiger partial charge is 0.469 e. The Balaban J connectivity index is 2.28. The van der Waals surface area contributed by atoms with E-state index in [0.717, 1.165) is 25.9 Å². The third-order valence-electron chi connectivity index (χ3n) is 3.44. The number of hydrogen-bond acceptors (Lipinski definition) is 5. The maximum atomic E-state index is 11.0. The van der Waals surface area contributed by atoms with Crippen LogP contribution in [-0.4, -0.2) is 73.9 Å². The van der Waals surface area contributed by atoms with Crippen LogP contribution in [0.5, 0.6) is 0 Å². The Morgan fingerprint density at radius 3 is 2.65 bits per heavy atom. The summed E-state index contributed by atoms with van der Waals surface area (Å²) in [6.45, 7) is 2.73. The first-order chi connectivity index (χ1) is 8.02. The van der Waals surface area contributed by atoms with Gasteiger partial charge in [-0.15, -0.1) is 0 Å². The summed E-state index contributed by atoms with van der Waals surface area (Å²) in [6, 6.07) is 0.512. The molecule has 0 saturated carbocycles. The zero-order valence-corrected chi connectivity index (χ0v) is 11.1. The highest BCUT2D eigenvalue weighted by Crippen LogP contribution is 2.14. The first-order valence-corrected chi connectivity index (χ1v) is 6.16. The van der Waals surface area contributed by atoms with Crippen LogP contribution in [-0.2, 0) is 9.53 Å². The summed E-state index contributed by atoms with van der Waals surface area (Å²) in [5.74, 6) is -0.353. The molecule has 0 spiro atoms. The molecule has 0 aromatic rings. The first kappa shape index (κ1) is 14.4. The number of rotatable bonds is 5. The van der Waals surface area contributed by atoms with Crippen molar-refractivity contribution in [2.45, 2.75) is 31.4 Å². The lowest BCUT2D eigenvalue weighted by molar-refractivity contribution is -0.143. The zero-order chi connectivity index (χ0) is 12.8. The molecule has 1 saturated heterocycles. The predicted molar refractivity (Wildman–Crippen MR) is 65.8 cm³/mol. The highest BCUT2D eigenvalue weighted by atomic mass is 16.5. The number of carbonyl (C=O) groups is 1. The molecule has 1 N–H and O–H groups in total. The lowest BCUT2D eigenvalue weighted by Crippen LogP contribution is -2.44. The summed E-state index contributed by atoms with van der Waals surface area (Å²) in [5, 5.41) is 9.75. The first-order valence-electron chi connectivity index (χ1n) is 6.16. The number of carbonyl (C=O) groups excluding carboxylic acids is 1. The molecular formula is C12H24N2O3. The second-order valence-corrected chi connectivity index (χ2v) is 4.91. The summed E-state index contributed by atoms with van der Waals surface area (Å²) >= 11 is 0. The number of ether oxygens (including phenoxy) is 1. The number of esters is 1. The molecule has 1 atom stereocenters. The number of aliphatic hydroxyl groups is 1. The van der Waals surface area contributed by atoms with Gasteiger partial charge in [0.1, 0.15) is 0 Å². The molecule has 1 unspecified atom stereocenters. The van der Waals surface area contributed by atoms with Gasteiger partial charge in [-0.25, -0.2) is 0 Å². The van der Waals surface area contributed by atoms with Gasteiger partial charge in [0.15, 0.2) is 0 Å². The molecule has 0 radical (unpaired) electrons. The van der Waals surface area contributed by atoms with E-state index in [1.54, 1.807) is 0 Å². The van der Waals surface area contributed by atoms with Gasteiger partial charge in [0.25, 0.3) is 0 Å². The molecule has 100 valence electrons. The van der Waals surface area contributed by atoms with E-state index in [1.807, 2.05) is 7.05 Å². The molecule has 1 aliphatic heterocycles. The molecule has 0 aromatic heterocycles. The van der Waals surface area contributed by atoms with E-state index in [2.05, 4.69) is 21.6 Å². The molecule has 0 aromatic carbocycles. The maximum Gasteiger partial charge on any atom is 0.308 e. The number of methoxy groups -OCH3 is 1. The van der Waals surface area contributed by atoms with E-state index in [0.29, 0.717) is 12.6 Å². The zero-order valence-electron chi connectivity index (χ0n) is 11.1. The standard InChI is InChI=1S/C12H24N2O3/c1-13-6-4-10(5-7-13)14(2)9-11(15)8-12(16)17-3/h10-11,15H,4-9H2,1-3H3. The van der Waals surface area contributed by atoms with Crippen LogP contribution in [0.4, 0.5) is 0 Å². The molecule has 0 bridgehead atoms. The quantitative estimate of drug-likeness (QED) is 0.687. The van der Waals surface area contributed by atoms with Gasteiger partial charge in [-0.05, 0) is 40.0 Å². The van der Waals surface area contributed by atoms with Crippen LogP contribution >= 0.6 is 0 Å². The third-order valence-corrected chi connectivity index (χ3v) is 3.44. The normalized spacial score (nSPS) is 20.5. The summed E-state index contributed by atoms with van der Waals surface area (Å²) in [7, 11) is 5.48. The topological polar surface area (TPSA) is 53.0 Å². The smallest absolute Gasteiger partial charge is 0.308 e. The van der Waals surface area contributed by atoms with E-state index in [4.69, 9.17) is 0 Å². The van der Waals surface area contributed by atoms with Crippen LogP contribution in [0.15, 0.2) is 0 Å². The van der Waals surface area contributed by atoms with E-state index in [-0.39, 0.29) is 12.4 Å². The van der Waals surface area contributed by atoms with Crippen molar-refractivity contribution < 1.29 is 14.6 Å². The Morgan fingerprint density at radius 2 is 2.12 bits per heavy atom. The highest BCUT2D eigenvalue weighted by Gasteiger charge is 2.22. The lowest BCUT2D eigenvalue weighted by Gasteiger charge is -2.35. The van der Waals surface area contributed by atoms with Gasteiger partial charge in [0.05, 0.1) is 19.6 Å². The van der Waals surface area contributed by atoms with E-state index >= 15 is 0 Å². The van der Waals surface area contributed by atoms with Gasteiger partial charge in [-0.1, -0.05) is 0 Å². The molecular weight excluding hydrogens is 220 g/mol. The van der Waals surface area contributed by atoms with Gasteiger partial charge in [0, 0.05) is 12.6 Å². The van der Waals surface area contributed by atoms with Crippen molar-refractivity contribution in [3.63, 3.8) is 0 Å². The lowest BCUT2D eigenvalue weighted by atomic mass is 10.0. The number of likely N-dealkylation sites (tertiary alicyclic amines) is 1. The van der Waals surface area contributed by atoms with Crippen molar-refractivity contribution in [2.24, 2.45) is 0 Å². The van der Waals surface area contributed by atoms with Crippen LogP contribution in [0, 0.1) is 0 Å². The number of aliphatic hydroxyl groups excluding tert-OH is 1. The number of nitrogens with zero attached hydrogens (tertiary/aromatic N) is 2. The minimum Gasteiger partial charge on any atom is -0.469 e. The van der Waals surface area contributed by atoms with Gasteiger partial charge in [-0.3, -0.25) is 4.79 Å². The second kappa shape index (κ2) is 6.93. The predicted octanol–water partition coefficient (Wildman–Crippen LogP) is -0.0636. The van der Waals surface area contributed by atoms with Gasteiger partial charge in [-0.2, -0.15) is 0 Å². The molecule has 1 rings (SSSR count). The van der Waals surface area contributed by atoms with Crippen molar-refractivity contribution in [1.29, 1.82) is 0 Å².